The molecular weight excluding hydrogens is 304 g/mol. The van der Waals surface area contributed by atoms with E-state index in [0.29, 0.717) is 5.46 Å². The number of anilines is 1. The Morgan fingerprint density at radius 2 is 1.76 bits per heavy atom. The van der Waals surface area contributed by atoms with Crippen LogP contribution < -0.4 is 15.9 Å². The first-order valence-electron chi connectivity index (χ1n) is 6.18. The highest BCUT2D eigenvalue weighted by Gasteiger charge is 2.51. The molecule has 1 aromatic heterocycles. The van der Waals surface area contributed by atoms with Crippen LogP contribution in [0.15, 0.2) is 12.3 Å². The van der Waals surface area contributed by atoms with Gasteiger partial charge >= 0.3 is 13.7 Å². The third-order valence-electron chi connectivity index (χ3n) is 3.64. The Hall–Kier alpha value is -1.12. The molecule has 0 atom stereocenters. The van der Waals surface area contributed by atoms with Crippen LogP contribution in [0.25, 0.3) is 0 Å². The van der Waals surface area contributed by atoms with Gasteiger partial charge in [-0.2, -0.15) is 8.78 Å². The number of hydrogen-bond acceptors (Lipinski definition) is 5. The molecule has 118 valence electrons. The Morgan fingerprint density at radius 1 is 1.24 bits per heavy atom. The van der Waals surface area contributed by atoms with E-state index in [-0.39, 0.29) is 24.0 Å². The van der Waals surface area contributed by atoms with Crippen molar-refractivity contribution in [3.05, 3.63) is 12.3 Å². The summed E-state index contributed by atoms with van der Waals surface area (Å²) in [6.45, 7) is 4.62. The van der Waals surface area contributed by atoms with Crippen molar-refractivity contribution in [3.63, 3.8) is 0 Å². The number of hydrogen-bond donors (Lipinski definition) is 1. The number of alkyl halides is 2. The molecular formula is C12H18BClF2N2O3. The van der Waals surface area contributed by atoms with Gasteiger partial charge in [-0.05, 0) is 33.8 Å². The Morgan fingerprint density at radius 3 is 2.24 bits per heavy atom. The van der Waals surface area contributed by atoms with Crippen molar-refractivity contribution in [3.8, 4) is 5.75 Å². The Balaban J connectivity index is 0.00000220. The van der Waals surface area contributed by atoms with Crippen LogP contribution in [-0.2, 0) is 9.31 Å². The van der Waals surface area contributed by atoms with Gasteiger partial charge in [0, 0.05) is 11.7 Å². The summed E-state index contributed by atoms with van der Waals surface area (Å²) < 4.78 is 40.5. The first-order valence-corrected chi connectivity index (χ1v) is 6.18. The van der Waals surface area contributed by atoms with Gasteiger partial charge in [-0.15, -0.1) is 12.4 Å². The highest BCUT2D eigenvalue weighted by Crippen LogP contribution is 2.36. The summed E-state index contributed by atoms with van der Waals surface area (Å²) >= 11 is 0. The van der Waals surface area contributed by atoms with E-state index in [4.69, 9.17) is 15.0 Å². The lowest BCUT2D eigenvalue weighted by atomic mass is 9.80. The van der Waals surface area contributed by atoms with Crippen molar-refractivity contribution in [2.24, 2.45) is 0 Å². The first-order chi connectivity index (χ1) is 9.12. The highest BCUT2D eigenvalue weighted by atomic mass is 35.5. The summed E-state index contributed by atoms with van der Waals surface area (Å²) in [7, 11) is -0.701. The molecule has 0 aromatic carbocycles. The zero-order valence-electron chi connectivity index (χ0n) is 12.2. The van der Waals surface area contributed by atoms with E-state index in [0.717, 1.165) is 0 Å². The number of ether oxygens (including phenoxy) is 1. The second kappa shape index (κ2) is 5.94. The SMILES string of the molecule is CC1(C)OB(c2cnc(N)c(OC(F)F)c2)OC1(C)C.Cl. The van der Waals surface area contributed by atoms with E-state index in [1.807, 2.05) is 27.7 Å². The number of nitrogen functional groups attached to an aromatic ring is 1. The fourth-order valence-electron chi connectivity index (χ4n) is 1.77. The molecule has 1 aliphatic heterocycles. The van der Waals surface area contributed by atoms with E-state index in [9.17, 15) is 8.78 Å². The minimum Gasteiger partial charge on any atom is -0.431 e. The second-order valence-corrected chi connectivity index (χ2v) is 5.62. The summed E-state index contributed by atoms with van der Waals surface area (Å²) in [4.78, 5) is 3.83. The third-order valence-corrected chi connectivity index (χ3v) is 3.64. The molecule has 2 N–H and O–H groups in total. The van der Waals surface area contributed by atoms with Crippen LogP contribution in [-0.4, -0.2) is 29.9 Å². The topological polar surface area (TPSA) is 66.6 Å². The van der Waals surface area contributed by atoms with Crippen molar-refractivity contribution in [2.75, 3.05) is 5.73 Å². The van der Waals surface area contributed by atoms with Crippen LogP contribution in [0.2, 0.25) is 0 Å². The van der Waals surface area contributed by atoms with Gasteiger partial charge in [0.15, 0.2) is 11.6 Å². The summed E-state index contributed by atoms with van der Waals surface area (Å²) in [6.07, 6.45) is 1.43. The van der Waals surface area contributed by atoms with Crippen molar-refractivity contribution < 1.29 is 22.8 Å². The smallest absolute Gasteiger partial charge is 0.431 e. The van der Waals surface area contributed by atoms with Gasteiger partial charge in [-0.1, -0.05) is 0 Å². The van der Waals surface area contributed by atoms with E-state index in [1.165, 1.54) is 12.3 Å². The standard InChI is InChI=1S/C12H17BF2N2O3.ClH/c1-11(2)12(3,4)20-13(19-11)7-5-8(18-10(14)15)9(16)17-6-7;/h5-6,10H,1-4H3,(H2,16,17);1H. The molecule has 0 saturated carbocycles. The molecule has 9 heteroatoms. The van der Waals surface area contributed by atoms with E-state index in [2.05, 4.69) is 9.72 Å². The molecule has 0 aliphatic carbocycles. The largest absolute Gasteiger partial charge is 0.496 e. The van der Waals surface area contributed by atoms with E-state index < -0.39 is 24.9 Å². The Labute approximate surface area is 128 Å². The predicted octanol–water partition coefficient (Wildman–Crippen LogP) is 1.99. The quantitative estimate of drug-likeness (QED) is 0.862. The third kappa shape index (κ3) is 3.56. The van der Waals surface area contributed by atoms with Crippen LogP contribution >= 0.6 is 12.4 Å². The minimum absolute atomic E-state index is 0. The predicted molar refractivity (Wildman–Crippen MR) is 78.2 cm³/mol. The molecule has 1 aliphatic rings. The molecule has 0 spiro atoms. The lowest BCUT2D eigenvalue weighted by Crippen LogP contribution is -2.41. The monoisotopic (exact) mass is 322 g/mol. The van der Waals surface area contributed by atoms with Crippen LogP contribution in [0.3, 0.4) is 0 Å². The second-order valence-electron chi connectivity index (χ2n) is 5.62. The molecule has 1 fully saturated rings. The molecule has 0 unspecified atom stereocenters. The maximum absolute atomic E-state index is 12.3. The summed E-state index contributed by atoms with van der Waals surface area (Å²) in [5, 5.41) is 0. The van der Waals surface area contributed by atoms with Crippen molar-refractivity contribution in [1.29, 1.82) is 0 Å². The number of pyridine rings is 1. The van der Waals surface area contributed by atoms with Crippen LogP contribution in [0.1, 0.15) is 27.7 Å². The lowest BCUT2D eigenvalue weighted by molar-refractivity contribution is -0.0494. The maximum atomic E-state index is 12.3. The average molecular weight is 323 g/mol. The summed E-state index contributed by atoms with van der Waals surface area (Å²) in [5.74, 6) is -0.294. The highest BCUT2D eigenvalue weighted by molar-refractivity contribution is 6.62. The number of halogens is 3. The molecule has 0 amide bonds. The molecule has 0 bridgehead atoms. The van der Waals surface area contributed by atoms with Crippen LogP contribution in [0.4, 0.5) is 14.6 Å². The summed E-state index contributed by atoms with van der Waals surface area (Å²) in [5.41, 5.74) is 4.92. The van der Waals surface area contributed by atoms with Crippen molar-refractivity contribution in [2.45, 2.75) is 45.5 Å². The van der Waals surface area contributed by atoms with Crippen LogP contribution in [0, 0.1) is 0 Å². The molecule has 2 rings (SSSR count). The molecule has 0 radical (unpaired) electrons. The van der Waals surface area contributed by atoms with Gasteiger partial charge in [-0.25, -0.2) is 4.98 Å². The maximum Gasteiger partial charge on any atom is 0.496 e. The lowest BCUT2D eigenvalue weighted by Gasteiger charge is -2.32. The number of nitrogens with zero attached hydrogens (tertiary/aromatic N) is 1. The molecule has 2 heterocycles. The zero-order chi connectivity index (χ0) is 15.1. The molecule has 1 saturated heterocycles. The Bertz CT molecular complexity index is 501. The molecule has 21 heavy (non-hydrogen) atoms. The van der Waals surface area contributed by atoms with Gasteiger partial charge in [0.05, 0.1) is 11.2 Å². The fraction of sp³-hybridized carbons (Fsp3) is 0.583. The van der Waals surface area contributed by atoms with Gasteiger partial charge in [0.25, 0.3) is 0 Å². The average Bonchev–Trinajstić information content (AvgIpc) is 2.50. The fourth-order valence-corrected chi connectivity index (χ4v) is 1.77. The van der Waals surface area contributed by atoms with Crippen LogP contribution in [0.5, 0.6) is 5.75 Å². The van der Waals surface area contributed by atoms with Gasteiger partial charge < -0.3 is 19.8 Å². The van der Waals surface area contributed by atoms with Crippen molar-refractivity contribution >= 4 is 30.8 Å². The van der Waals surface area contributed by atoms with E-state index >= 15 is 0 Å². The van der Waals surface area contributed by atoms with Crippen molar-refractivity contribution in [1.82, 2.24) is 4.98 Å². The normalized spacial score (nSPS) is 19.5. The van der Waals surface area contributed by atoms with Gasteiger partial charge in [0.1, 0.15) is 0 Å². The van der Waals surface area contributed by atoms with Gasteiger partial charge in [0.2, 0.25) is 0 Å². The summed E-state index contributed by atoms with van der Waals surface area (Å²) in [6, 6.07) is 1.36. The number of rotatable bonds is 3. The Kier molecular flexibility index (Phi) is 5.07. The molecule has 5 nitrogen and oxygen atoms in total. The zero-order valence-corrected chi connectivity index (χ0v) is 13.0. The molecule has 1 aromatic rings. The first kappa shape index (κ1) is 17.9. The minimum atomic E-state index is -2.97. The van der Waals surface area contributed by atoms with Gasteiger partial charge in [-0.3, -0.25) is 0 Å². The van der Waals surface area contributed by atoms with E-state index in [1.54, 1.807) is 0 Å². The number of aromatic nitrogens is 1. The number of nitrogens with two attached hydrogens (primary N) is 1.